The number of fused-ring (bicyclic) bond motifs is 4. The van der Waals surface area contributed by atoms with Gasteiger partial charge in [-0.05, 0) is 92.5 Å². The Morgan fingerprint density at radius 1 is 0.286 bits per heavy atom. The fourth-order valence-corrected chi connectivity index (χ4v) is 9.45. The third-order valence-electron chi connectivity index (χ3n) is 12.4. The second-order valence-corrected chi connectivity index (χ2v) is 16.1. The Morgan fingerprint density at radius 2 is 0.730 bits per heavy atom. The molecule has 296 valence electrons. The van der Waals surface area contributed by atoms with Gasteiger partial charge in [-0.3, -0.25) is 0 Å². The van der Waals surface area contributed by atoms with Gasteiger partial charge in [-0.1, -0.05) is 188 Å². The molecule has 11 aromatic rings. The number of hydrogen-bond acceptors (Lipinski definition) is 3. The summed E-state index contributed by atoms with van der Waals surface area (Å²) in [5.41, 5.74) is 13.2. The second-order valence-electron chi connectivity index (χ2n) is 16.1. The van der Waals surface area contributed by atoms with Crippen LogP contribution in [0.5, 0.6) is 11.5 Å². The number of anilines is 6. The van der Waals surface area contributed by atoms with Crippen LogP contribution < -0.4 is 14.5 Å². The second kappa shape index (κ2) is 15.3. The third kappa shape index (κ3) is 6.38. The molecule has 1 aliphatic heterocycles. The first kappa shape index (κ1) is 36.5. The van der Waals surface area contributed by atoms with E-state index >= 15 is 0 Å². The van der Waals surface area contributed by atoms with Crippen LogP contribution in [-0.2, 0) is 0 Å². The topological polar surface area (TPSA) is 15.7 Å². The fourth-order valence-electron chi connectivity index (χ4n) is 9.45. The van der Waals surface area contributed by atoms with Crippen LogP contribution in [0.15, 0.2) is 243 Å². The summed E-state index contributed by atoms with van der Waals surface area (Å²) in [6.07, 6.45) is 0. The summed E-state index contributed by atoms with van der Waals surface area (Å²) < 4.78 is 7.37. The quantitative estimate of drug-likeness (QED) is 0.152. The lowest BCUT2D eigenvalue weighted by Crippen LogP contribution is -2.13. The highest BCUT2D eigenvalue weighted by molar-refractivity contribution is 6.09. The van der Waals surface area contributed by atoms with Gasteiger partial charge in [-0.25, -0.2) is 0 Å². The van der Waals surface area contributed by atoms with E-state index in [2.05, 4.69) is 252 Å². The monoisotopic (exact) mass is 804 g/mol. The summed E-state index contributed by atoms with van der Waals surface area (Å²) >= 11 is 0. The normalized spacial score (nSPS) is 11.6. The lowest BCUT2D eigenvalue weighted by Gasteiger charge is -2.32. The van der Waals surface area contributed by atoms with Gasteiger partial charge in [0.25, 0.3) is 0 Å². The van der Waals surface area contributed by atoms with E-state index in [1.54, 1.807) is 0 Å². The van der Waals surface area contributed by atoms with Gasteiger partial charge in [0.15, 0.2) is 5.75 Å². The SMILES string of the molecule is c1ccc(-c2ccc(N(c3cc4c5c(cccc5c3)-c3cccc(N(c5ccc(-c6ccccc6)cc5)c5cccc6ccccc56)c3O4)c3cccc4ccccc34)cc2)cc1. The Bertz CT molecular complexity index is 3460. The molecule has 12 rings (SSSR count). The van der Waals surface area contributed by atoms with Crippen molar-refractivity contribution >= 4 is 66.4 Å². The maximum absolute atomic E-state index is 7.37. The molecule has 0 amide bonds. The molecule has 3 nitrogen and oxygen atoms in total. The Labute approximate surface area is 367 Å². The molecule has 0 aromatic heterocycles. The maximum Gasteiger partial charge on any atom is 0.159 e. The minimum absolute atomic E-state index is 0.818. The molecule has 0 saturated carbocycles. The molecule has 0 N–H and O–H groups in total. The van der Waals surface area contributed by atoms with E-state index in [0.717, 1.165) is 72.9 Å². The first-order chi connectivity index (χ1) is 31.2. The van der Waals surface area contributed by atoms with E-state index in [1.165, 1.54) is 38.4 Å². The van der Waals surface area contributed by atoms with Crippen molar-refractivity contribution < 1.29 is 4.74 Å². The van der Waals surface area contributed by atoms with E-state index in [0.29, 0.717) is 0 Å². The molecule has 11 aromatic carbocycles. The standard InChI is InChI=1S/C60H40N2O/c1-3-15-41(16-4-1)43-31-35-48(36-32-43)61(55-28-12-21-45-19-7-9-24-51(45)55)50-39-47-23-11-26-53-54-27-14-30-57(60(54)63-58(40-50)59(47)53)62(56-29-13-22-46-20-8-10-25-52(46)56)49-37-33-44(34-38-49)42-17-5-2-6-18-42/h1-40H. The highest BCUT2D eigenvalue weighted by atomic mass is 16.5. The highest BCUT2D eigenvalue weighted by Gasteiger charge is 2.28. The number of nitrogens with zero attached hydrogens (tertiary/aromatic N) is 2. The van der Waals surface area contributed by atoms with Crippen LogP contribution in [0.25, 0.3) is 65.7 Å². The van der Waals surface area contributed by atoms with Crippen molar-refractivity contribution in [1.29, 1.82) is 0 Å². The molecule has 1 aliphatic rings. The van der Waals surface area contributed by atoms with Gasteiger partial charge in [0.2, 0.25) is 0 Å². The molecule has 1 heterocycles. The van der Waals surface area contributed by atoms with Gasteiger partial charge >= 0.3 is 0 Å². The smallest absolute Gasteiger partial charge is 0.159 e. The van der Waals surface area contributed by atoms with Gasteiger partial charge in [0.05, 0.1) is 22.7 Å². The van der Waals surface area contributed by atoms with Gasteiger partial charge in [0.1, 0.15) is 5.75 Å². The van der Waals surface area contributed by atoms with E-state index < -0.39 is 0 Å². The summed E-state index contributed by atoms with van der Waals surface area (Å²) in [4.78, 5) is 4.74. The number of rotatable bonds is 8. The maximum atomic E-state index is 7.37. The lowest BCUT2D eigenvalue weighted by molar-refractivity contribution is 0.488. The molecule has 0 unspecified atom stereocenters. The lowest BCUT2D eigenvalue weighted by atomic mass is 9.93. The zero-order chi connectivity index (χ0) is 41.7. The summed E-state index contributed by atoms with van der Waals surface area (Å²) in [7, 11) is 0. The van der Waals surface area contributed by atoms with E-state index in [9.17, 15) is 0 Å². The van der Waals surface area contributed by atoms with Gasteiger partial charge in [-0.2, -0.15) is 0 Å². The zero-order valence-electron chi connectivity index (χ0n) is 34.4. The molecule has 0 saturated heterocycles. The minimum Gasteiger partial charge on any atom is -0.454 e. The van der Waals surface area contributed by atoms with Crippen molar-refractivity contribution in [2.75, 3.05) is 9.80 Å². The summed E-state index contributed by atoms with van der Waals surface area (Å²) in [5, 5.41) is 6.92. The molecule has 0 fully saturated rings. The Hall–Kier alpha value is -8.40. The Kier molecular flexibility index (Phi) is 8.83. The molecule has 0 atom stereocenters. The minimum atomic E-state index is 0.818. The molecule has 63 heavy (non-hydrogen) atoms. The van der Waals surface area contributed by atoms with Crippen LogP contribution in [-0.4, -0.2) is 0 Å². The van der Waals surface area contributed by atoms with Crippen LogP contribution in [0.1, 0.15) is 0 Å². The van der Waals surface area contributed by atoms with Crippen LogP contribution in [0.2, 0.25) is 0 Å². The fraction of sp³-hybridized carbons (Fsp3) is 0. The highest BCUT2D eigenvalue weighted by Crippen LogP contribution is 2.55. The molecular formula is C60H40N2O. The van der Waals surface area contributed by atoms with Crippen LogP contribution in [0.4, 0.5) is 34.1 Å². The molecular weight excluding hydrogens is 765 g/mol. The first-order valence-electron chi connectivity index (χ1n) is 21.5. The van der Waals surface area contributed by atoms with Crippen molar-refractivity contribution in [3.8, 4) is 44.9 Å². The Morgan fingerprint density at radius 3 is 1.35 bits per heavy atom. The van der Waals surface area contributed by atoms with Crippen LogP contribution >= 0.6 is 0 Å². The van der Waals surface area contributed by atoms with Crippen molar-refractivity contribution in [2.24, 2.45) is 0 Å². The van der Waals surface area contributed by atoms with Gasteiger partial charge in [-0.15, -0.1) is 0 Å². The van der Waals surface area contributed by atoms with Crippen LogP contribution in [0, 0.1) is 0 Å². The predicted molar refractivity (Wildman–Crippen MR) is 265 cm³/mol. The molecule has 0 bridgehead atoms. The van der Waals surface area contributed by atoms with Crippen molar-refractivity contribution in [1.82, 2.24) is 0 Å². The molecule has 0 aliphatic carbocycles. The van der Waals surface area contributed by atoms with Crippen molar-refractivity contribution in [3.05, 3.63) is 243 Å². The third-order valence-corrected chi connectivity index (χ3v) is 12.4. The summed E-state index contributed by atoms with van der Waals surface area (Å²) in [6, 6.07) is 87.0. The van der Waals surface area contributed by atoms with E-state index in [4.69, 9.17) is 4.74 Å². The summed E-state index contributed by atoms with van der Waals surface area (Å²) in [6.45, 7) is 0. The van der Waals surface area contributed by atoms with Crippen LogP contribution in [0.3, 0.4) is 0 Å². The number of benzene rings is 11. The zero-order valence-corrected chi connectivity index (χ0v) is 34.4. The predicted octanol–water partition coefficient (Wildman–Crippen LogP) is 17.2. The average Bonchev–Trinajstić information content (AvgIpc) is 3.35. The number of ether oxygens (including phenoxy) is 1. The van der Waals surface area contributed by atoms with Gasteiger partial charge in [0, 0.05) is 39.2 Å². The first-order valence-corrected chi connectivity index (χ1v) is 21.5. The molecule has 0 radical (unpaired) electrons. The number of para-hydroxylation sites is 1. The largest absolute Gasteiger partial charge is 0.454 e. The van der Waals surface area contributed by atoms with E-state index in [-0.39, 0.29) is 0 Å². The molecule has 3 heteroatoms. The molecule has 0 spiro atoms. The van der Waals surface area contributed by atoms with Crippen molar-refractivity contribution in [2.45, 2.75) is 0 Å². The average molecular weight is 805 g/mol. The van der Waals surface area contributed by atoms with E-state index in [1.807, 2.05) is 0 Å². The van der Waals surface area contributed by atoms with Crippen molar-refractivity contribution in [3.63, 3.8) is 0 Å². The summed E-state index contributed by atoms with van der Waals surface area (Å²) in [5.74, 6) is 1.64. The Balaban J connectivity index is 1.04. The van der Waals surface area contributed by atoms with Gasteiger partial charge < -0.3 is 14.5 Å². The number of hydrogen-bond donors (Lipinski definition) is 0.